The monoisotopic (exact) mass is 252 g/mol. The van der Waals surface area contributed by atoms with E-state index in [0.29, 0.717) is 6.42 Å². The minimum atomic E-state index is -0.402. The van der Waals surface area contributed by atoms with Crippen LogP contribution < -0.4 is 0 Å². The number of nitrogens with zero attached hydrogens (tertiary/aromatic N) is 2. The number of rotatable bonds is 4. The highest BCUT2D eigenvalue weighted by Gasteiger charge is 2.04. The predicted octanol–water partition coefficient (Wildman–Crippen LogP) is 3.25. The summed E-state index contributed by atoms with van der Waals surface area (Å²) in [5.74, 6) is 0. The second-order valence-corrected chi connectivity index (χ2v) is 4.25. The average Bonchev–Trinajstić information content (AvgIpc) is 2.42. The van der Waals surface area contributed by atoms with E-state index in [-0.39, 0.29) is 5.69 Å². The molecule has 0 aliphatic carbocycles. The van der Waals surface area contributed by atoms with Crippen LogP contribution in [0.25, 0.3) is 0 Å². The first kappa shape index (κ1) is 12.8. The second-order valence-electron chi connectivity index (χ2n) is 4.25. The second kappa shape index (κ2) is 5.78. The van der Waals surface area contributed by atoms with Crippen LogP contribution in [0.4, 0.5) is 5.69 Å². The topological polar surface area (TPSA) is 66.9 Å². The van der Waals surface area contributed by atoms with Crippen LogP contribution in [0.15, 0.2) is 48.5 Å². The molecule has 0 saturated heterocycles. The molecule has 0 heterocycles. The van der Waals surface area contributed by atoms with E-state index >= 15 is 0 Å². The summed E-state index contributed by atoms with van der Waals surface area (Å²) >= 11 is 0. The molecule has 0 atom stereocenters. The Balaban J connectivity index is 2.08. The SMILES string of the molecule is N#CCc1ccc(Cc2ccc([N+](=O)[O-])cc2)cc1. The van der Waals surface area contributed by atoms with Crippen molar-refractivity contribution < 1.29 is 4.92 Å². The fourth-order valence-corrected chi connectivity index (χ4v) is 1.84. The highest BCUT2D eigenvalue weighted by atomic mass is 16.6. The predicted molar refractivity (Wildman–Crippen MR) is 71.7 cm³/mol. The summed E-state index contributed by atoms with van der Waals surface area (Å²) in [7, 11) is 0. The lowest BCUT2D eigenvalue weighted by Gasteiger charge is -2.03. The van der Waals surface area contributed by atoms with Crippen molar-refractivity contribution in [2.45, 2.75) is 12.8 Å². The lowest BCUT2D eigenvalue weighted by Crippen LogP contribution is -1.91. The van der Waals surface area contributed by atoms with Crippen molar-refractivity contribution in [2.24, 2.45) is 0 Å². The van der Waals surface area contributed by atoms with Crippen molar-refractivity contribution in [3.05, 3.63) is 75.3 Å². The van der Waals surface area contributed by atoms with Gasteiger partial charge in [0.2, 0.25) is 0 Å². The van der Waals surface area contributed by atoms with Crippen LogP contribution in [-0.2, 0) is 12.8 Å². The molecule has 4 nitrogen and oxygen atoms in total. The Bertz CT molecular complexity index is 610. The molecule has 19 heavy (non-hydrogen) atoms. The third-order valence-corrected chi connectivity index (χ3v) is 2.86. The van der Waals surface area contributed by atoms with Crippen LogP contribution in [0.2, 0.25) is 0 Å². The van der Waals surface area contributed by atoms with E-state index in [1.165, 1.54) is 12.1 Å². The molecular formula is C15H12N2O2. The van der Waals surface area contributed by atoms with Crippen LogP contribution >= 0.6 is 0 Å². The Morgan fingerprint density at radius 1 is 0.947 bits per heavy atom. The number of nitro groups is 1. The van der Waals surface area contributed by atoms with E-state index in [1.807, 2.05) is 24.3 Å². The van der Waals surface area contributed by atoms with Gasteiger partial charge in [0.1, 0.15) is 0 Å². The van der Waals surface area contributed by atoms with Crippen molar-refractivity contribution in [1.82, 2.24) is 0 Å². The molecule has 0 unspecified atom stereocenters. The Morgan fingerprint density at radius 3 is 1.89 bits per heavy atom. The maximum absolute atomic E-state index is 10.5. The first-order chi connectivity index (χ1) is 9.19. The fourth-order valence-electron chi connectivity index (χ4n) is 1.84. The lowest BCUT2D eigenvalue weighted by molar-refractivity contribution is -0.384. The molecule has 0 bridgehead atoms. The molecule has 2 aromatic carbocycles. The van der Waals surface area contributed by atoms with Gasteiger partial charge in [-0.05, 0) is 23.1 Å². The van der Waals surface area contributed by atoms with Gasteiger partial charge in [-0.25, -0.2) is 0 Å². The van der Waals surface area contributed by atoms with Gasteiger partial charge in [-0.15, -0.1) is 0 Å². The summed E-state index contributed by atoms with van der Waals surface area (Å²) in [6, 6.07) is 16.5. The van der Waals surface area contributed by atoms with Crippen LogP contribution in [0.3, 0.4) is 0 Å². The van der Waals surface area contributed by atoms with Gasteiger partial charge in [-0.1, -0.05) is 36.4 Å². The molecule has 0 saturated carbocycles. The Labute approximate surface area is 111 Å². The van der Waals surface area contributed by atoms with Crippen LogP contribution in [-0.4, -0.2) is 4.92 Å². The zero-order valence-electron chi connectivity index (χ0n) is 10.2. The van der Waals surface area contributed by atoms with Gasteiger partial charge < -0.3 is 0 Å². The van der Waals surface area contributed by atoms with Gasteiger partial charge in [0.15, 0.2) is 0 Å². The first-order valence-corrected chi connectivity index (χ1v) is 5.87. The Hall–Kier alpha value is -2.67. The van der Waals surface area contributed by atoms with Crippen molar-refractivity contribution in [1.29, 1.82) is 5.26 Å². The van der Waals surface area contributed by atoms with Gasteiger partial charge in [0.25, 0.3) is 5.69 Å². The molecule has 2 aromatic rings. The number of hydrogen-bond donors (Lipinski definition) is 0. The largest absolute Gasteiger partial charge is 0.269 e. The maximum Gasteiger partial charge on any atom is 0.269 e. The molecular weight excluding hydrogens is 240 g/mol. The van der Waals surface area contributed by atoms with Gasteiger partial charge >= 0.3 is 0 Å². The van der Waals surface area contributed by atoms with E-state index in [1.54, 1.807) is 12.1 Å². The number of non-ortho nitro benzene ring substituents is 1. The van der Waals surface area contributed by atoms with E-state index in [2.05, 4.69) is 6.07 Å². The number of nitro benzene ring substituents is 1. The van der Waals surface area contributed by atoms with Crippen LogP contribution in [0.5, 0.6) is 0 Å². The average molecular weight is 252 g/mol. The molecule has 94 valence electrons. The molecule has 0 radical (unpaired) electrons. The maximum atomic E-state index is 10.5. The number of benzene rings is 2. The fraction of sp³-hybridized carbons (Fsp3) is 0.133. The summed E-state index contributed by atoms with van der Waals surface area (Å²) in [5, 5.41) is 19.1. The van der Waals surface area contributed by atoms with Gasteiger partial charge in [0.05, 0.1) is 17.4 Å². The van der Waals surface area contributed by atoms with Crippen LogP contribution in [0, 0.1) is 21.4 Å². The first-order valence-electron chi connectivity index (χ1n) is 5.87. The van der Waals surface area contributed by atoms with Gasteiger partial charge in [-0.3, -0.25) is 10.1 Å². The van der Waals surface area contributed by atoms with Crippen molar-refractivity contribution in [2.75, 3.05) is 0 Å². The Morgan fingerprint density at radius 2 is 1.42 bits per heavy atom. The standard InChI is InChI=1S/C15H12N2O2/c16-10-9-12-1-3-13(4-2-12)11-14-5-7-15(8-6-14)17(18)19/h1-8H,9,11H2. The third-order valence-electron chi connectivity index (χ3n) is 2.86. The highest BCUT2D eigenvalue weighted by Crippen LogP contribution is 2.15. The van der Waals surface area contributed by atoms with Gasteiger partial charge in [-0.2, -0.15) is 5.26 Å². The Kier molecular flexibility index (Phi) is 3.89. The summed E-state index contributed by atoms with van der Waals surface area (Å²) < 4.78 is 0. The quantitative estimate of drug-likeness (QED) is 0.619. The molecule has 0 aliphatic rings. The van der Waals surface area contributed by atoms with Crippen molar-refractivity contribution in [3.8, 4) is 6.07 Å². The summed E-state index contributed by atoms with van der Waals surface area (Å²) in [6.07, 6.45) is 1.14. The number of hydrogen-bond acceptors (Lipinski definition) is 3. The minimum absolute atomic E-state index is 0.105. The van der Waals surface area contributed by atoms with Gasteiger partial charge in [0, 0.05) is 12.1 Å². The molecule has 2 rings (SSSR count). The molecule has 0 aromatic heterocycles. The molecule has 0 amide bonds. The van der Waals surface area contributed by atoms with Crippen molar-refractivity contribution in [3.63, 3.8) is 0 Å². The van der Waals surface area contributed by atoms with Crippen molar-refractivity contribution >= 4 is 5.69 Å². The highest BCUT2D eigenvalue weighted by molar-refractivity contribution is 5.36. The van der Waals surface area contributed by atoms with E-state index in [4.69, 9.17) is 5.26 Å². The van der Waals surface area contributed by atoms with E-state index in [9.17, 15) is 10.1 Å². The van der Waals surface area contributed by atoms with Crippen LogP contribution in [0.1, 0.15) is 16.7 Å². The zero-order chi connectivity index (χ0) is 13.7. The third kappa shape index (κ3) is 3.39. The summed E-state index contributed by atoms with van der Waals surface area (Å²) in [4.78, 5) is 10.1. The molecule has 0 spiro atoms. The van der Waals surface area contributed by atoms with E-state index in [0.717, 1.165) is 23.1 Å². The smallest absolute Gasteiger partial charge is 0.258 e. The minimum Gasteiger partial charge on any atom is -0.258 e. The van der Waals surface area contributed by atoms with E-state index < -0.39 is 4.92 Å². The molecule has 0 aliphatic heterocycles. The zero-order valence-corrected chi connectivity index (χ0v) is 10.2. The summed E-state index contributed by atoms with van der Waals surface area (Å²) in [6.45, 7) is 0. The lowest BCUT2D eigenvalue weighted by atomic mass is 10.0. The number of nitriles is 1. The molecule has 4 heteroatoms. The normalized spacial score (nSPS) is 9.84. The molecule has 0 fully saturated rings. The molecule has 0 N–H and O–H groups in total. The summed E-state index contributed by atoms with van der Waals surface area (Å²) in [5.41, 5.74) is 3.25.